The van der Waals surface area contributed by atoms with Gasteiger partial charge in [0.25, 0.3) is 0 Å². The van der Waals surface area contributed by atoms with Crippen LogP contribution in [0, 0.1) is 5.82 Å². The maximum absolute atomic E-state index is 13.3. The fourth-order valence-electron chi connectivity index (χ4n) is 4.70. The average Bonchev–Trinajstić information content (AvgIpc) is 3.15. The van der Waals surface area contributed by atoms with Gasteiger partial charge < -0.3 is 29.1 Å². The molecule has 216 valence electrons. The third kappa shape index (κ3) is 8.38. The van der Waals surface area contributed by atoms with E-state index in [1.807, 2.05) is 24.3 Å². The van der Waals surface area contributed by atoms with Crippen LogP contribution in [-0.2, 0) is 20.9 Å². The van der Waals surface area contributed by atoms with Crippen LogP contribution >= 0.6 is 0 Å². The molecule has 2 N–H and O–H groups in total. The van der Waals surface area contributed by atoms with E-state index < -0.39 is 5.60 Å². The van der Waals surface area contributed by atoms with E-state index in [4.69, 9.17) is 14.2 Å². The number of benzene rings is 2. The van der Waals surface area contributed by atoms with E-state index in [0.29, 0.717) is 50.7 Å². The lowest BCUT2D eigenvalue weighted by molar-refractivity contribution is -0.138. The second-order valence-corrected chi connectivity index (χ2v) is 10.0. The molecule has 2 fully saturated rings. The third-order valence-electron chi connectivity index (χ3n) is 6.67. The van der Waals surface area contributed by atoms with E-state index in [1.165, 1.54) is 36.3 Å². The number of urea groups is 1. The monoisotopic (exact) mass is 558 g/mol. The molecule has 4 amide bonds. The van der Waals surface area contributed by atoms with Crippen LogP contribution in [0.5, 0.6) is 11.5 Å². The summed E-state index contributed by atoms with van der Waals surface area (Å²) in [5, 5.41) is 13.8. The molecule has 2 heterocycles. The van der Waals surface area contributed by atoms with Crippen LogP contribution < -0.4 is 14.8 Å². The van der Waals surface area contributed by atoms with Gasteiger partial charge in [0.05, 0.1) is 13.2 Å². The Balaban J connectivity index is 1.32. The first kappa shape index (κ1) is 29.2. The summed E-state index contributed by atoms with van der Waals surface area (Å²) in [6, 6.07) is 12.8. The Labute approximate surface area is 232 Å². The lowest BCUT2D eigenvalue weighted by Crippen LogP contribution is -2.52. The Morgan fingerprint density at radius 2 is 1.73 bits per heavy atom. The number of nitrogens with one attached hydrogen (secondary N) is 1. The lowest BCUT2D eigenvalue weighted by Gasteiger charge is -2.33. The zero-order valence-corrected chi connectivity index (χ0v) is 22.5. The lowest BCUT2D eigenvalue weighted by atomic mass is 10.0. The minimum Gasteiger partial charge on any atom is -0.494 e. The van der Waals surface area contributed by atoms with Crippen molar-refractivity contribution in [3.63, 3.8) is 0 Å². The van der Waals surface area contributed by atoms with Crippen LogP contribution in [0.1, 0.15) is 12.0 Å². The van der Waals surface area contributed by atoms with Crippen molar-refractivity contribution in [1.29, 1.82) is 0 Å². The molecule has 2 aliphatic heterocycles. The number of aliphatic hydroxyl groups is 1. The summed E-state index contributed by atoms with van der Waals surface area (Å²) in [6.07, 6.45) is 0.590. The van der Waals surface area contributed by atoms with E-state index >= 15 is 0 Å². The molecular weight excluding hydrogens is 523 g/mol. The van der Waals surface area contributed by atoms with Gasteiger partial charge in [-0.15, -0.1) is 0 Å². The molecule has 40 heavy (non-hydrogen) atoms. The first-order chi connectivity index (χ1) is 19.2. The summed E-state index contributed by atoms with van der Waals surface area (Å²) >= 11 is 0. The molecule has 2 saturated heterocycles. The van der Waals surface area contributed by atoms with Crippen LogP contribution in [0.3, 0.4) is 0 Å². The quantitative estimate of drug-likeness (QED) is 0.295. The normalized spacial score (nSPS) is 19.9. The van der Waals surface area contributed by atoms with Gasteiger partial charge in [0.1, 0.15) is 42.7 Å². The van der Waals surface area contributed by atoms with Gasteiger partial charge in [-0.05, 0) is 48.4 Å². The molecule has 0 radical (unpaired) electrons. The maximum atomic E-state index is 13.3. The standard InChI is InChI=1S/C28H35FN4O7/c1-38-17-26(35)33-13-12-31(18-28(37,19-33)20-40-24-9-5-22(29)6-10-24)15-21-3-7-23(8-4-21)39-14-2-11-32-16-25(34)30-27(32)36/h3-10,37H,2,11-20H2,1H3,(H,30,34,36). The molecule has 0 spiro atoms. The minimum atomic E-state index is -1.37. The Hall–Kier alpha value is -3.74. The van der Waals surface area contributed by atoms with Gasteiger partial charge in [0.15, 0.2) is 0 Å². The number of rotatable bonds is 12. The zero-order valence-electron chi connectivity index (χ0n) is 22.5. The van der Waals surface area contributed by atoms with Gasteiger partial charge in [-0.2, -0.15) is 0 Å². The van der Waals surface area contributed by atoms with Crippen LogP contribution in [0.2, 0.25) is 0 Å². The van der Waals surface area contributed by atoms with Crippen molar-refractivity contribution in [3.8, 4) is 11.5 Å². The van der Waals surface area contributed by atoms with Gasteiger partial charge >= 0.3 is 6.03 Å². The van der Waals surface area contributed by atoms with Gasteiger partial charge in [-0.25, -0.2) is 9.18 Å². The van der Waals surface area contributed by atoms with Gasteiger partial charge in [0, 0.05) is 39.8 Å². The second kappa shape index (κ2) is 13.6. The van der Waals surface area contributed by atoms with Gasteiger partial charge in [0.2, 0.25) is 11.8 Å². The molecule has 0 aliphatic carbocycles. The summed E-state index contributed by atoms with van der Waals surface area (Å²) in [4.78, 5) is 40.5. The van der Waals surface area contributed by atoms with Crippen LogP contribution in [0.25, 0.3) is 0 Å². The van der Waals surface area contributed by atoms with E-state index in [2.05, 4.69) is 10.2 Å². The van der Waals surface area contributed by atoms with Crippen molar-refractivity contribution in [2.24, 2.45) is 0 Å². The highest BCUT2D eigenvalue weighted by Gasteiger charge is 2.37. The molecule has 1 atom stereocenters. The molecule has 0 saturated carbocycles. The van der Waals surface area contributed by atoms with E-state index in [9.17, 15) is 23.9 Å². The number of nitrogens with zero attached hydrogens (tertiary/aromatic N) is 3. The molecule has 4 rings (SSSR count). The van der Waals surface area contributed by atoms with Crippen LogP contribution in [0.4, 0.5) is 9.18 Å². The fraction of sp³-hybridized carbons (Fsp3) is 0.464. The molecule has 0 bridgehead atoms. The van der Waals surface area contributed by atoms with E-state index in [0.717, 1.165) is 5.56 Å². The van der Waals surface area contributed by atoms with Crippen LogP contribution in [0.15, 0.2) is 48.5 Å². The number of methoxy groups -OCH3 is 1. The molecule has 11 nitrogen and oxygen atoms in total. The number of carbonyl (C=O) groups is 3. The van der Waals surface area contributed by atoms with Crippen molar-refractivity contribution in [3.05, 3.63) is 59.9 Å². The number of imide groups is 1. The smallest absolute Gasteiger partial charge is 0.324 e. The summed E-state index contributed by atoms with van der Waals surface area (Å²) in [7, 11) is 1.45. The number of amides is 4. The molecule has 2 aromatic rings. The number of halogens is 1. The number of hydrogen-bond acceptors (Lipinski definition) is 8. The predicted molar refractivity (Wildman–Crippen MR) is 142 cm³/mol. The van der Waals surface area contributed by atoms with Crippen molar-refractivity contribution in [1.82, 2.24) is 20.0 Å². The average molecular weight is 559 g/mol. The zero-order chi connectivity index (χ0) is 28.5. The highest BCUT2D eigenvalue weighted by Crippen LogP contribution is 2.21. The first-order valence-corrected chi connectivity index (χ1v) is 13.1. The second-order valence-electron chi connectivity index (χ2n) is 10.0. The summed E-state index contributed by atoms with van der Waals surface area (Å²) < 4.78 is 29.8. The van der Waals surface area contributed by atoms with Crippen molar-refractivity contribution in [2.45, 2.75) is 18.6 Å². The molecule has 2 aromatic carbocycles. The fourth-order valence-corrected chi connectivity index (χ4v) is 4.70. The van der Waals surface area contributed by atoms with Crippen molar-refractivity contribution in [2.75, 3.05) is 66.2 Å². The van der Waals surface area contributed by atoms with Gasteiger partial charge in [-0.3, -0.25) is 19.8 Å². The Morgan fingerprint density at radius 3 is 2.40 bits per heavy atom. The first-order valence-electron chi connectivity index (χ1n) is 13.1. The Bertz CT molecular complexity index is 1160. The van der Waals surface area contributed by atoms with E-state index in [-0.39, 0.29) is 56.5 Å². The SMILES string of the molecule is COCC(=O)N1CCN(Cc2ccc(OCCCN3CC(=O)NC3=O)cc2)CC(O)(COc2ccc(F)cc2)C1. The molecular formula is C28H35FN4O7. The highest BCUT2D eigenvalue weighted by atomic mass is 19.1. The predicted octanol–water partition coefficient (Wildman–Crippen LogP) is 1.25. The number of carbonyl (C=O) groups excluding carboxylic acids is 3. The summed E-state index contributed by atoms with van der Waals surface area (Å²) in [6.45, 7) is 2.58. The summed E-state index contributed by atoms with van der Waals surface area (Å²) in [5.41, 5.74) is -0.369. The van der Waals surface area contributed by atoms with Crippen LogP contribution in [-0.4, -0.2) is 109 Å². The van der Waals surface area contributed by atoms with E-state index in [1.54, 1.807) is 4.90 Å². The molecule has 1 unspecified atom stereocenters. The molecule has 0 aromatic heterocycles. The molecule has 12 heteroatoms. The largest absolute Gasteiger partial charge is 0.494 e. The highest BCUT2D eigenvalue weighted by molar-refractivity contribution is 6.01. The van der Waals surface area contributed by atoms with Crippen molar-refractivity contribution >= 4 is 17.8 Å². The number of β-amino-alcohol motifs (C(OH)–C–C–N with tert-alkyl or cyclic N) is 1. The topological polar surface area (TPSA) is 121 Å². The Kier molecular flexibility index (Phi) is 9.91. The van der Waals surface area contributed by atoms with Gasteiger partial charge in [-0.1, -0.05) is 12.1 Å². The minimum absolute atomic E-state index is 0.0763. The number of ether oxygens (including phenoxy) is 3. The Morgan fingerprint density at radius 1 is 1.02 bits per heavy atom. The third-order valence-corrected chi connectivity index (χ3v) is 6.67. The number of hydrogen-bond donors (Lipinski definition) is 2. The molecule has 2 aliphatic rings. The van der Waals surface area contributed by atoms with Crippen molar-refractivity contribution < 1.29 is 38.1 Å². The summed E-state index contributed by atoms with van der Waals surface area (Å²) in [5.74, 6) is 0.214. The maximum Gasteiger partial charge on any atom is 0.324 e.